The van der Waals surface area contributed by atoms with Gasteiger partial charge < -0.3 is 15.8 Å². The molecular weight excluding hydrogens is 261 g/mol. The minimum Gasteiger partial charge on any atom is -0.398 e. The Morgan fingerprint density at radius 3 is 2.68 bits per heavy atom. The fourth-order valence-electron chi connectivity index (χ4n) is 1.32. The lowest BCUT2D eigenvalue weighted by Crippen LogP contribution is -2.31. The molecule has 0 radical (unpaired) electrons. The summed E-state index contributed by atoms with van der Waals surface area (Å²) in [6.07, 6.45) is -5.66. The Morgan fingerprint density at radius 2 is 2.11 bits per heavy atom. The molecule has 0 aliphatic rings. The van der Waals surface area contributed by atoms with Gasteiger partial charge in [0, 0.05) is 11.4 Å². The first-order valence-corrected chi connectivity index (χ1v) is 5.55. The monoisotopic (exact) mass is 276 g/mol. The molecule has 0 spiro atoms. The van der Waals surface area contributed by atoms with Crippen molar-refractivity contribution < 1.29 is 22.7 Å². The van der Waals surface area contributed by atoms with E-state index < -0.39 is 24.8 Å². The average Bonchev–Trinajstić information content (AvgIpc) is 2.31. The Labute approximate surface area is 108 Å². The van der Waals surface area contributed by atoms with Gasteiger partial charge in [0.25, 0.3) is 5.91 Å². The van der Waals surface area contributed by atoms with Gasteiger partial charge in [-0.05, 0) is 31.5 Å². The summed E-state index contributed by atoms with van der Waals surface area (Å²) in [5.41, 5.74) is 7.25. The van der Waals surface area contributed by atoms with Crippen molar-refractivity contribution in [1.82, 2.24) is 0 Å². The molecule has 0 fully saturated rings. The predicted octanol–water partition coefficient (Wildman–Crippen LogP) is 2.48. The standard InChI is InChI=1S/C12H15F3N2O2/c1-7-9(16)4-3-5-10(7)17-11(18)8(2)19-6-12(13,14)15/h3-5,8H,6,16H2,1-2H3,(H,17,18). The lowest BCUT2D eigenvalue weighted by Gasteiger charge is -2.16. The molecule has 19 heavy (non-hydrogen) atoms. The molecule has 1 aromatic rings. The molecule has 1 amide bonds. The molecule has 1 rings (SSSR count). The summed E-state index contributed by atoms with van der Waals surface area (Å²) in [6.45, 7) is 1.49. The molecule has 4 nitrogen and oxygen atoms in total. The van der Waals surface area contributed by atoms with E-state index in [1.54, 1.807) is 25.1 Å². The zero-order valence-electron chi connectivity index (χ0n) is 10.5. The van der Waals surface area contributed by atoms with Crippen LogP contribution in [-0.4, -0.2) is 24.8 Å². The fourth-order valence-corrected chi connectivity index (χ4v) is 1.32. The molecule has 0 saturated carbocycles. The second-order valence-corrected chi connectivity index (χ2v) is 4.08. The van der Waals surface area contributed by atoms with Crippen molar-refractivity contribution in [3.8, 4) is 0 Å². The van der Waals surface area contributed by atoms with Crippen LogP contribution < -0.4 is 11.1 Å². The van der Waals surface area contributed by atoms with Gasteiger partial charge in [0.05, 0.1) is 0 Å². The second kappa shape index (κ2) is 5.92. The maximum Gasteiger partial charge on any atom is 0.411 e. The van der Waals surface area contributed by atoms with Gasteiger partial charge in [-0.2, -0.15) is 13.2 Å². The van der Waals surface area contributed by atoms with Gasteiger partial charge >= 0.3 is 6.18 Å². The van der Waals surface area contributed by atoms with E-state index in [-0.39, 0.29) is 0 Å². The van der Waals surface area contributed by atoms with Crippen molar-refractivity contribution in [1.29, 1.82) is 0 Å². The van der Waals surface area contributed by atoms with Crippen LogP contribution >= 0.6 is 0 Å². The van der Waals surface area contributed by atoms with Crippen molar-refractivity contribution in [3.05, 3.63) is 23.8 Å². The predicted molar refractivity (Wildman–Crippen MR) is 65.7 cm³/mol. The largest absolute Gasteiger partial charge is 0.411 e. The highest BCUT2D eigenvalue weighted by molar-refractivity contribution is 5.95. The number of ether oxygens (including phenoxy) is 1. The molecule has 1 atom stereocenters. The number of carbonyl (C=O) groups excluding carboxylic acids is 1. The first kappa shape index (κ1) is 15.3. The Morgan fingerprint density at radius 1 is 1.47 bits per heavy atom. The van der Waals surface area contributed by atoms with E-state index in [0.717, 1.165) is 0 Å². The van der Waals surface area contributed by atoms with E-state index in [0.29, 0.717) is 16.9 Å². The Balaban J connectivity index is 2.62. The molecule has 0 heterocycles. The lowest BCUT2D eigenvalue weighted by atomic mass is 10.1. The second-order valence-electron chi connectivity index (χ2n) is 4.08. The van der Waals surface area contributed by atoms with Crippen molar-refractivity contribution in [2.24, 2.45) is 0 Å². The average molecular weight is 276 g/mol. The highest BCUT2D eigenvalue weighted by atomic mass is 19.4. The number of anilines is 2. The number of nitrogens with two attached hydrogens (primary N) is 1. The minimum atomic E-state index is -4.46. The van der Waals surface area contributed by atoms with Crippen LogP contribution in [0.4, 0.5) is 24.5 Å². The number of nitrogen functional groups attached to an aromatic ring is 1. The Hall–Kier alpha value is -1.76. The number of carbonyl (C=O) groups is 1. The molecule has 0 saturated heterocycles. The van der Waals surface area contributed by atoms with Crippen LogP contribution in [0, 0.1) is 6.92 Å². The number of benzene rings is 1. The van der Waals surface area contributed by atoms with Gasteiger partial charge in [0.1, 0.15) is 12.7 Å². The number of nitrogens with one attached hydrogen (secondary N) is 1. The van der Waals surface area contributed by atoms with E-state index in [4.69, 9.17) is 5.73 Å². The quantitative estimate of drug-likeness (QED) is 0.830. The summed E-state index contributed by atoms with van der Waals surface area (Å²) in [7, 11) is 0. The van der Waals surface area contributed by atoms with Crippen molar-refractivity contribution in [2.45, 2.75) is 26.1 Å². The summed E-state index contributed by atoms with van der Waals surface area (Å²) in [4.78, 5) is 11.6. The third-order valence-electron chi connectivity index (χ3n) is 2.50. The molecular formula is C12H15F3N2O2. The lowest BCUT2D eigenvalue weighted by molar-refractivity contribution is -0.184. The van der Waals surface area contributed by atoms with Gasteiger partial charge in [-0.25, -0.2) is 0 Å². The third-order valence-corrected chi connectivity index (χ3v) is 2.50. The van der Waals surface area contributed by atoms with Crippen LogP contribution in [-0.2, 0) is 9.53 Å². The molecule has 106 valence electrons. The maximum absolute atomic E-state index is 12.0. The smallest absolute Gasteiger partial charge is 0.398 e. The van der Waals surface area contributed by atoms with Gasteiger partial charge in [-0.15, -0.1) is 0 Å². The topological polar surface area (TPSA) is 64.3 Å². The van der Waals surface area contributed by atoms with Crippen LogP contribution in [0.15, 0.2) is 18.2 Å². The molecule has 0 bridgehead atoms. The van der Waals surface area contributed by atoms with E-state index >= 15 is 0 Å². The number of alkyl halides is 3. The minimum absolute atomic E-state index is 0.451. The van der Waals surface area contributed by atoms with Crippen LogP contribution in [0.25, 0.3) is 0 Å². The fraction of sp³-hybridized carbons (Fsp3) is 0.417. The number of halogens is 3. The van der Waals surface area contributed by atoms with E-state index in [9.17, 15) is 18.0 Å². The zero-order valence-corrected chi connectivity index (χ0v) is 10.5. The van der Waals surface area contributed by atoms with Crippen LogP contribution in [0.5, 0.6) is 0 Å². The summed E-state index contributed by atoms with van der Waals surface area (Å²) in [5.74, 6) is -0.655. The first-order valence-electron chi connectivity index (χ1n) is 5.55. The first-order chi connectivity index (χ1) is 8.70. The molecule has 3 N–H and O–H groups in total. The number of hydrogen-bond acceptors (Lipinski definition) is 3. The molecule has 1 aromatic carbocycles. The van der Waals surface area contributed by atoms with Crippen LogP contribution in [0.1, 0.15) is 12.5 Å². The van der Waals surface area contributed by atoms with Gasteiger partial charge in [-0.1, -0.05) is 6.07 Å². The van der Waals surface area contributed by atoms with Gasteiger partial charge in [0.15, 0.2) is 0 Å². The number of hydrogen-bond donors (Lipinski definition) is 2. The SMILES string of the molecule is Cc1c(N)cccc1NC(=O)C(C)OCC(F)(F)F. The number of rotatable bonds is 4. The van der Waals surface area contributed by atoms with Crippen molar-refractivity contribution in [2.75, 3.05) is 17.7 Å². The molecule has 0 aliphatic heterocycles. The third kappa shape index (κ3) is 4.78. The Bertz CT molecular complexity index is 461. The summed E-state index contributed by atoms with van der Waals surface area (Å²) >= 11 is 0. The van der Waals surface area contributed by atoms with E-state index in [1.165, 1.54) is 6.92 Å². The van der Waals surface area contributed by atoms with E-state index in [2.05, 4.69) is 10.1 Å². The van der Waals surface area contributed by atoms with Crippen molar-refractivity contribution >= 4 is 17.3 Å². The van der Waals surface area contributed by atoms with Crippen LogP contribution in [0.2, 0.25) is 0 Å². The van der Waals surface area contributed by atoms with Crippen molar-refractivity contribution in [3.63, 3.8) is 0 Å². The highest BCUT2D eigenvalue weighted by Gasteiger charge is 2.30. The summed E-state index contributed by atoms with van der Waals surface area (Å²) in [6, 6.07) is 4.91. The van der Waals surface area contributed by atoms with Gasteiger partial charge in [-0.3, -0.25) is 4.79 Å². The molecule has 0 aromatic heterocycles. The van der Waals surface area contributed by atoms with E-state index in [1.807, 2.05) is 0 Å². The number of amides is 1. The van der Waals surface area contributed by atoms with Crippen LogP contribution in [0.3, 0.4) is 0 Å². The maximum atomic E-state index is 12.0. The molecule has 7 heteroatoms. The Kier molecular flexibility index (Phi) is 4.77. The summed E-state index contributed by atoms with van der Waals surface area (Å²) in [5, 5.41) is 2.48. The normalized spacial score (nSPS) is 13.1. The molecule has 0 aliphatic carbocycles. The highest BCUT2D eigenvalue weighted by Crippen LogP contribution is 2.21. The van der Waals surface area contributed by atoms with Gasteiger partial charge in [0.2, 0.25) is 0 Å². The molecule has 1 unspecified atom stereocenters. The zero-order chi connectivity index (χ0) is 14.6. The summed E-state index contributed by atoms with van der Waals surface area (Å²) < 4.78 is 40.3.